The minimum absolute atomic E-state index is 0.0922. The molecule has 0 aliphatic rings. The maximum atomic E-state index is 13.3. The highest BCUT2D eigenvalue weighted by molar-refractivity contribution is 5.93. The third-order valence-electron chi connectivity index (χ3n) is 4.69. The van der Waals surface area contributed by atoms with Crippen molar-refractivity contribution in [2.75, 3.05) is 7.11 Å². The highest BCUT2D eigenvalue weighted by atomic mass is 19.4. The van der Waals surface area contributed by atoms with Gasteiger partial charge in [-0.2, -0.15) is 13.2 Å². The molecule has 0 amide bonds. The topological polar surface area (TPSA) is 35.5 Å². The molecule has 3 rings (SSSR count). The van der Waals surface area contributed by atoms with Crippen molar-refractivity contribution < 1.29 is 31.8 Å². The molecule has 0 N–H and O–H groups in total. The zero-order chi connectivity index (χ0) is 21.9. The predicted octanol–water partition coefficient (Wildman–Crippen LogP) is 6.22. The highest BCUT2D eigenvalue weighted by Gasteiger charge is 2.36. The summed E-state index contributed by atoms with van der Waals surface area (Å²) in [6.07, 6.45) is -4.91. The number of carbonyl (C=O) groups is 1. The average Bonchev–Trinajstić information content (AvgIpc) is 2.73. The van der Waals surface area contributed by atoms with Crippen LogP contribution in [0.3, 0.4) is 0 Å². The van der Waals surface area contributed by atoms with Crippen LogP contribution in [0.2, 0.25) is 0 Å². The first-order chi connectivity index (χ1) is 14.2. The molecule has 30 heavy (non-hydrogen) atoms. The molecule has 1 atom stereocenters. The molecule has 0 heterocycles. The van der Waals surface area contributed by atoms with Gasteiger partial charge >= 0.3 is 12.1 Å². The van der Waals surface area contributed by atoms with E-state index < -0.39 is 29.1 Å². The normalized spacial score (nSPS) is 12.3. The number of hydrogen-bond acceptors (Lipinski definition) is 3. The molecule has 1 unspecified atom stereocenters. The van der Waals surface area contributed by atoms with E-state index in [1.807, 2.05) is 37.3 Å². The molecule has 0 saturated heterocycles. The molecule has 0 bridgehead atoms. The van der Waals surface area contributed by atoms with E-state index in [1.54, 1.807) is 12.1 Å². The maximum Gasteiger partial charge on any atom is 0.417 e. The van der Waals surface area contributed by atoms with Gasteiger partial charge in [-0.3, -0.25) is 0 Å². The fraction of sp³-hybridized carbons (Fsp3) is 0.174. The largest absolute Gasteiger partial charge is 0.497 e. The molecule has 0 aromatic heterocycles. The van der Waals surface area contributed by atoms with Crippen molar-refractivity contribution in [3.8, 4) is 11.5 Å². The van der Waals surface area contributed by atoms with Crippen LogP contribution in [0.1, 0.15) is 39.9 Å². The minimum Gasteiger partial charge on any atom is -0.497 e. The Bertz CT molecular complexity index is 1050. The van der Waals surface area contributed by atoms with Gasteiger partial charge in [0.25, 0.3) is 0 Å². The van der Waals surface area contributed by atoms with Gasteiger partial charge in [0.2, 0.25) is 0 Å². The number of rotatable bonds is 5. The Hall–Kier alpha value is -3.35. The van der Waals surface area contributed by atoms with E-state index >= 15 is 0 Å². The molecule has 3 aromatic carbocycles. The molecule has 0 spiro atoms. The van der Waals surface area contributed by atoms with Crippen LogP contribution >= 0.6 is 0 Å². The molecular weight excluding hydrogens is 400 g/mol. The summed E-state index contributed by atoms with van der Waals surface area (Å²) in [7, 11) is 1.48. The first-order valence-electron chi connectivity index (χ1n) is 9.02. The van der Waals surface area contributed by atoms with E-state index in [4.69, 9.17) is 9.47 Å². The number of halogens is 4. The van der Waals surface area contributed by atoms with Crippen molar-refractivity contribution >= 4 is 5.97 Å². The summed E-state index contributed by atoms with van der Waals surface area (Å²) in [5.74, 6) is -1.96. The van der Waals surface area contributed by atoms with Crippen molar-refractivity contribution in [1.29, 1.82) is 0 Å². The van der Waals surface area contributed by atoms with Gasteiger partial charge in [0.15, 0.2) is 0 Å². The highest BCUT2D eigenvalue weighted by Crippen LogP contribution is 2.36. The van der Waals surface area contributed by atoms with Crippen LogP contribution in [-0.2, 0) is 6.18 Å². The quantitative estimate of drug-likeness (QED) is 0.280. The van der Waals surface area contributed by atoms with E-state index in [0.717, 1.165) is 17.7 Å². The van der Waals surface area contributed by atoms with Crippen LogP contribution in [0.5, 0.6) is 11.5 Å². The standard InChI is InChI=1S/C23H18F4O3/c1-14(15-6-4-3-5-7-15)19-13-17(29-2)9-11-21(19)30-22(28)18-10-8-16(24)12-20(18)23(25,26)27/h3-14H,1-2H3. The Morgan fingerprint density at radius 3 is 2.30 bits per heavy atom. The second kappa shape index (κ2) is 8.57. The van der Waals surface area contributed by atoms with Gasteiger partial charge in [-0.15, -0.1) is 0 Å². The molecule has 156 valence electrons. The smallest absolute Gasteiger partial charge is 0.417 e. The Kier molecular flexibility index (Phi) is 6.10. The maximum absolute atomic E-state index is 13.3. The fourth-order valence-electron chi connectivity index (χ4n) is 3.09. The molecule has 0 saturated carbocycles. The summed E-state index contributed by atoms with van der Waals surface area (Å²) in [4.78, 5) is 12.6. The first-order valence-corrected chi connectivity index (χ1v) is 9.02. The monoisotopic (exact) mass is 418 g/mol. The number of benzene rings is 3. The Balaban J connectivity index is 2.01. The zero-order valence-electron chi connectivity index (χ0n) is 16.2. The summed E-state index contributed by atoms with van der Waals surface area (Å²) >= 11 is 0. The summed E-state index contributed by atoms with van der Waals surface area (Å²) in [5.41, 5.74) is -0.679. The third-order valence-corrected chi connectivity index (χ3v) is 4.69. The van der Waals surface area contributed by atoms with Crippen molar-refractivity contribution in [3.63, 3.8) is 0 Å². The molecule has 0 fully saturated rings. The molecule has 0 aliphatic heterocycles. The van der Waals surface area contributed by atoms with Crippen molar-refractivity contribution in [3.05, 3.63) is 94.8 Å². The third kappa shape index (κ3) is 4.62. The van der Waals surface area contributed by atoms with Gasteiger partial charge in [-0.1, -0.05) is 37.3 Å². The average molecular weight is 418 g/mol. The SMILES string of the molecule is COc1ccc(OC(=O)c2ccc(F)cc2C(F)(F)F)c(C(C)c2ccccc2)c1. The van der Waals surface area contributed by atoms with E-state index in [-0.39, 0.29) is 17.7 Å². The van der Waals surface area contributed by atoms with Gasteiger partial charge < -0.3 is 9.47 Å². The second-order valence-electron chi connectivity index (χ2n) is 6.61. The van der Waals surface area contributed by atoms with Crippen LogP contribution in [0.4, 0.5) is 17.6 Å². The van der Waals surface area contributed by atoms with Crippen LogP contribution in [0.25, 0.3) is 0 Å². The summed E-state index contributed by atoms with van der Waals surface area (Å²) in [6.45, 7) is 1.88. The summed E-state index contributed by atoms with van der Waals surface area (Å²) in [5, 5.41) is 0. The predicted molar refractivity (Wildman–Crippen MR) is 103 cm³/mol. The van der Waals surface area contributed by atoms with Crippen LogP contribution < -0.4 is 9.47 Å². The lowest BCUT2D eigenvalue weighted by molar-refractivity contribution is -0.138. The van der Waals surface area contributed by atoms with Crippen molar-refractivity contribution in [2.24, 2.45) is 0 Å². The van der Waals surface area contributed by atoms with Gasteiger partial charge in [0, 0.05) is 11.5 Å². The number of ether oxygens (including phenoxy) is 2. The van der Waals surface area contributed by atoms with Crippen LogP contribution in [0.15, 0.2) is 66.7 Å². The lowest BCUT2D eigenvalue weighted by Crippen LogP contribution is -2.18. The molecule has 3 nitrogen and oxygen atoms in total. The summed E-state index contributed by atoms with van der Waals surface area (Å²) in [6, 6.07) is 15.8. The van der Waals surface area contributed by atoms with Crippen LogP contribution in [-0.4, -0.2) is 13.1 Å². The van der Waals surface area contributed by atoms with Gasteiger partial charge in [-0.25, -0.2) is 9.18 Å². The number of carbonyl (C=O) groups excluding carboxylic acids is 1. The van der Waals surface area contributed by atoms with E-state index in [1.165, 1.54) is 13.2 Å². The Morgan fingerprint density at radius 1 is 0.967 bits per heavy atom. The van der Waals surface area contributed by atoms with Crippen molar-refractivity contribution in [2.45, 2.75) is 19.0 Å². The molecule has 7 heteroatoms. The lowest BCUT2D eigenvalue weighted by Gasteiger charge is -2.18. The Morgan fingerprint density at radius 2 is 1.67 bits per heavy atom. The molecule has 0 aliphatic carbocycles. The zero-order valence-corrected chi connectivity index (χ0v) is 16.2. The molecule has 3 aromatic rings. The molecule has 0 radical (unpaired) electrons. The summed E-state index contributed by atoms with van der Waals surface area (Å²) < 4.78 is 63.7. The second-order valence-corrected chi connectivity index (χ2v) is 6.61. The van der Waals surface area contributed by atoms with Gasteiger partial charge in [0.05, 0.1) is 18.2 Å². The van der Waals surface area contributed by atoms with Crippen LogP contribution in [0, 0.1) is 5.82 Å². The number of alkyl halides is 3. The van der Waals surface area contributed by atoms with Gasteiger partial charge in [-0.05, 0) is 42.0 Å². The number of esters is 1. The first kappa shape index (κ1) is 21.4. The Labute approximate surface area is 170 Å². The van der Waals surface area contributed by atoms with E-state index in [2.05, 4.69) is 0 Å². The minimum atomic E-state index is -4.91. The van der Waals surface area contributed by atoms with Crippen molar-refractivity contribution in [1.82, 2.24) is 0 Å². The molecular formula is C23H18F4O3. The van der Waals surface area contributed by atoms with E-state index in [9.17, 15) is 22.4 Å². The number of hydrogen-bond donors (Lipinski definition) is 0. The number of methoxy groups -OCH3 is 1. The lowest BCUT2D eigenvalue weighted by atomic mass is 9.92. The van der Waals surface area contributed by atoms with E-state index in [0.29, 0.717) is 11.3 Å². The van der Waals surface area contributed by atoms with Gasteiger partial charge in [0.1, 0.15) is 17.3 Å². The fourth-order valence-corrected chi connectivity index (χ4v) is 3.09.